The van der Waals surface area contributed by atoms with Crippen molar-refractivity contribution in [3.8, 4) is 0 Å². The summed E-state index contributed by atoms with van der Waals surface area (Å²) < 4.78 is 1.22. The van der Waals surface area contributed by atoms with Crippen molar-refractivity contribution in [3.63, 3.8) is 0 Å². The zero-order valence-corrected chi connectivity index (χ0v) is 11.1. The highest BCUT2D eigenvalue weighted by Crippen LogP contribution is 2.24. The average molecular weight is 331 g/mol. The van der Waals surface area contributed by atoms with Crippen LogP contribution in [0.5, 0.6) is 0 Å². The number of halogens is 1. The Morgan fingerprint density at radius 2 is 2.06 bits per heavy atom. The van der Waals surface area contributed by atoms with Crippen molar-refractivity contribution in [1.29, 1.82) is 0 Å². The molecule has 1 aromatic rings. The lowest BCUT2D eigenvalue weighted by Crippen LogP contribution is -2.36. The number of aliphatic carboxylic acids is 1. The molecule has 1 saturated heterocycles. The van der Waals surface area contributed by atoms with Crippen LogP contribution < -0.4 is 4.90 Å². The predicted molar refractivity (Wildman–Crippen MR) is 71.7 cm³/mol. The summed E-state index contributed by atoms with van der Waals surface area (Å²) in [6.45, 7) is 1.69. The minimum atomic E-state index is -0.651. The van der Waals surface area contributed by atoms with Crippen molar-refractivity contribution in [2.24, 2.45) is 5.92 Å². The largest absolute Gasteiger partial charge is 0.481 e. The molecule has 1 heterocycles. The van der Waals surface area contributed by atoms with Crippen LogP contribution in [-0.4, -0.2) is 24.2 Å². The summed E-state index contributed by atoms with van der Waals surface area (Å²) >= 11 is 2.30. The monoisotopic (exact) mass is 331 g/mol. The Morgan fingerprint density at radius 3 is 2.62 bits per heavy atom. The second-order valence-corrected chi connectivity index (χ2v) is 5.33. The van der Waals surface area contributed by atoms with Gasteiger partial charge < -0.3 is 10.0 Å². The van der Waals surface area contributed by atoms with Gasteiger partial charge in [-0.25, -0.2) is 0 Å². The van der Waals surface area contributed by atoms with Crippen molar-refractivity contribution >= 4 is 34.2 Å². The van der Waals surface area contributed by atoms with E-state index in [2.05, 4.69) is 45.7 Å². The minimum absolute atomic E-state index is 0.154. The molecule has 0 aromatic heterocycles. The molecule has 0 atom stereocenters. The molecule has 0 spiro atoms. The number of nitrogens with zero attached hydrogens (tertiary/aromatic N) is 1. The first-order chi connectivity index (χ1) is 7.66. The zero-order chi connectivity index (χ0) is 11.5. The van der Waals surface area contributed by atoms with Gasteiger partial charge in [-0.1, -0.05) is 6.07 Å². The van der Waals surface area contributed by atoms with Crippen LogP contribution in [0.4, 0.5) is 5.69 Å². The maximum atomic E-state index is 10.8. The fourth-order valence-corrected chi connectivity index (χ4v) is 2.58. The topological polar surface area (TPSA) is 40.5 Å². The molecule has 0 radical (unpaired) electrons. The number of hydrogen-bond donors (Lipinski definition) is 1. The molecule has 0 bridgehead atoms. The highest BCUT2D eigenvalue weighted by molar-refractivity contribution is 14.1. The Bertz CT molecular complexity index is 386. The molecule has 16 heavy (non-hydrogen) atoms. The van der Waals surface area contributed by atoms with Gasteiger partial charge in [0, 0.05) is 22.3 Å². The quantitative estimate of drug-likeness (QED) is 0.847. The Hall–Kier alpha value is -0.780. The molecule has 0 saturated carbocycles. The molecule has 0 unspecified atom stereocenters. The summed E-state index contributed by atoms with van der Waals surface area (Å²) in [5.74, 6) is -0.804. The summed E-state index contributed by atoms with van der Waals surface area (Å²) in [6, 6.07) is 8.33. The van der Waals surface area contributed by atoms with Crippen molar-refractivity contribution in [3.05, 3.63) is 27.8 Å². The van der Waals surface area contributed by atoms with Crippen LogP contribution in [-0.2, 0) is 4.79 Å². The Labute approximate surface area is 109 Å². The van der Waals surface area contributed by atoms with Gasteiger partial charge in [-0.2, -0.15) is 0 Å². The van der Waals surface area contributed by atoms with E-state index in [1.165, 1.54) is 9.26 Å². The van der Waals surface area contributed by atoms with Gasteiger partial charge in [-0.3, -0.25) is 4.79 Å². The summed E-state index contributed by atoms with van der Waals surface area (Å²) in [5.41, 5.74) is 1.20. The number of rotatable bonds is 2. The number of carboxylic acid groups (broad SMARTS) is 1. The van der Waals surface area contributed by atoms with E-state index in [-0.39, 0.29) is 5.92 Å². The standard InChI is InChI=1S/C12H14INO2/c13-10-2-1-3-11(8-10)14-6-4-9(5-7-14)12(15)16/h1-3,8-9H,4-7H2,(H,15,16). The number of carbonyl (C=O) groups is 1. The maximum absolute atomic E-state index is 10.8. The van der Waals surface area contributed by atoms with Gasteiger partial charge in [-0.15, -0.1) is 0 Å². The Kier molecular flexibility index (Phi) is 3.68. The smallest absolute Gasteiger partial charge is 0.306 e. The van der Waals surface area contributed by atoms with E-state index < -0.39 is 5.97 Å². The van der Waals surface area contributed by atoms with Gasteiger partial charge in [0.2, 0.25) is 0 Å². The van der Waals surface area contributed by atoms with Crippen LogP contribution >= 0.6 is 22.6 Å². The maximum Gasteiger partial charge on any atom is 0.306 e. The third-order valence-corrected chi connectivity index (χ3v) is 3.69. The third-order valence-electron chi connectivity index (χ3n) is 3.02. The summed E-state index contributed by atoms with van der Waals surface area (Å²) in [5, 5.41) is 8.92. The number of piperidine rings is 1. The Balaban J connectivity index is 2.01. The second-order valence-electron chi connectivity index (χ2n) is 4.08. The first-order valence-electron chi connectivity index (χ1n) is 5.40. The fourth-order valence-electron chi connectivity index (χ4n) is 2.06. The molecule has 1 aliphatic heterocycles. The Morgan fingerprint density at radius 1 is 1.38 bits per heavy atom. The van der Waals surface area contributed by atoms with Gasteiger partial charge in [0.15, 0.2) is 0 Å². The van der Waals surface area contributed by atoms with Crippen LogP contribution in [0.1, 0.15) is 12.8 Å². The van der Waals surface area contributed by atoms with Crippen molar-refractivity contribution < 1.29 is 9.90 Å². The predicted octanol–water partition coefficient (Wildman–Crippen LogP) is 2.59. The number of carboxylic acids is 1. The van der Waals surface area contributed by atoms with E-state index in [0.29, 0.717) is 0 Å². The van der Waals surface area contributed by atoms with Crippen LogP contribution in [0.25, 0.3) is 0 Å². The second kappa shape index (κ2) is 5.03. The van der Waals surface area contributed by atoms with E-state index >= 15 is 0 Å². The van der Waals surface area contributed by atoms with Crippen LogP contribution in [0, 0.1) is 9.49 Å². The highest BCUT2D eigenvalue weighted by Gasteiger charge is 2.24. The minimum Gasteiger partial charge on any atom is -0.481 e. The van der Waals surface area contributed by atoms with Gasteiger partial charge in [0.05, 0.1) is 5.92 Å². The molecule has 1 N–H and O–H groups in total. The lowest BCUT2D eigenvalue weighted by Gasteiger charge is -2.32. The highest BCUT2D eigenvalue weighted by atomic mass is 127. The van der Waals surface area contributed by atoms with Crippen molar-refractivity contribution in [2.75, 3.05) is 18.0 Å². The molecule has 1 aliphatic rings. The van der Waals surface area contributed by atoms with Crippen molar-refractivity contribution in [2.45, 2.75) is 12.8 Å². The number of benzene rings is 1. The lowest BCUT2D eigenvalue weighted by atomic mass is 9.97. The molecular formula is C12H14INO2. The SMILES string of the molecule is O=C(O)C1CCN(c2cccc(I)c2)CC1. The summed E-state index contributed by atoms with van der Waals surface area (Å²) in [7, 11) is 0. The van der Waals surface area contributed by atoms with E-state index in [1.807, 2.05) is 6.07 Å². The van der Waals surface area contributed by atoms with Crippen LogP contribution in [0.15, 0.2) is 24.3 Å². The normalized spacial score (nSPS) is 17.4. The average Bonchev–Trinajstić information content (AvgIpc) is 2.29. The summed E-state index contributed by atoms with van der Waals surface area (Å²) in [4.78, 5) is 13.1. The van der Waals surface area contributed by atoms with Crippen LogP contribution in [0.2, 0.25) is 0 Å². The van der Waals surface area contributed by atoms with Crippen LogP contribution in [0.3, 0.4) is 0 Å². The van der Waals surface area contributed by atoms with Gasteiger partial charge in [-0.05, 0) is 53.6 Å². The molecule has 3 nitrogen and oxygen atoms in total. The fraction of sp³-hybridized carbons (Fsp3) is 0.417. The van der Waals surface area contributed by atoms with E-state index in [9.17, 15) is 4.79 Å². The molecular weight excluding hydrogens is 317 g/mol. The molecule has 1 fully saturated rings. The van der Waals surface area contributed by atoms with Gasteiger partial charge in [0.25, 0.3) is 0 Å². The molecule has 2 rings (SSSR count). The molecule has 1 aromatic carbocycles. The molecule has 86 valence electrons. The third kappa shape index (κ3) is 2.66. The lowest BCUT2D eigenvalue weighted by molar-refractivity contribution is -0.142. The molecule has 0 amide bonds. The van der Waals surface area contributed by atoms with E-state index in [4.69, 9.17) is 5.11 Å². The van der Waals surface area contributed by atoms with E-state index in [1.54, 1.807) is 0 Å². The van der Waals surface area contributed by atoms with Gasteiger partial charge >= 0.3 is 5.97 Å². The first-order valence-corrected chi connectivity index (χ1v) is 6.48. The van der Waals surface area contributed by atoms with E-state index in [0.717, 1.165) is 25.9 Å². The van der Waals surface area contributed by atoms with Gasteiger partial charge in [0.1, 0.15) is 0 Å². The summed E-state index contributed by atoms with van der Waals surface area (Å²) in [6.07, 6.45) is 1.50. The molecule has 4 heteroatoms. The molecule has 0 aliphatic carbocycles. The van der Waals surface area contributed by atoms with Crippen molar-refractivity contribution in [1.82, 2.24) is 0 Å². The zero-order valence-electron chi connectivity index (χ0n) is 8.90. The first kappa shape index (κ1) is 11.7. The number of anilines is 1. The number of hydrogen-bond acceptors (Lipinski definition) is 2.